The highest BCUT2D eigenvalue weighted by molar-refractivity contribution is 5.79. The number of unbranched alkanes of at least 4 members (excludes halogenated alkanes) is 1. The third-order valence-electron chi connectivity index (χ3n) is 5.06. The summed E-state index contributed by atoms with van der Waals surface area (Å²) in [7, 11) is 1.81. The second-order valence-electron chi connectivity index (χ2n) is 7.02. The molecule has 0 spiro atoms. The zero-order valence-electron chi connectivity index (χ0n) is 16.0. The van der Waals surface area contributed by atoms with Gasteiger partial charge in [-0.1, -0.05) is 19.4 Å². The molecular weight excluding hydrogens is 330 g/mol. The number of ether oxygens (including phenoxy) is 3. The van der Waals surface area contributed by atoms with Gasteiger partial charge in [-0.05, 0) is 43.4 Å². The van der Waals surface area contributed by atoms with Crippen molar-refractivity contribution in [3.05, 3.63) is 23.8 Å². The van der Waals surface area contributed by atoms with Crippen LogP contribution in [0.3, 0.4) is 0 Å². The first kappa shape index (κ1) is 18.8. The zero-order valence-corrected chi connectivity index (χ0v) is 16.0. The van der Waals surface area contributed by atoms with Crippen LogP contribution in [0.25, 0.3) is 0 Å². The van der Waals surface area contributed by atoms with Crippen LogP contribution in [0, 0.1) is 0 Å². The van der Waals surface area contributed by atoms with Gasteiger partial charge in [-0.25, -0.2) is 0 Å². The molecule has 1 aliphatic heterocycles. The van der Waals surface area contributed by atoms with E-state index in [9.17, 15) is 0 Å². The molecule has 6 heteroatoms. The maximum atomic E-state index is 5.59. The molecule has 0 atom stereocenters. The van der Waals surface area contributed by atoms with Gasteiger partial charge >= 0.3 is 0 Å². The van der Waals surface area contributed by atoms with Crippen LogP contribution in [0.5, 0.6) is 11.5 Å². The number of benzene rings is 1. The zero-order chi connectivity index (χ0) is 18.2. The van der Waals surface area contributed by atoms with Crippen LogP contribution in [-0.4, -0.2) is 46.1 Å². The Labute approximate surface area is 156 Å². The number of hydrogen-bond acceptors (Lipinski definition) is 4. The molecule has 0 amide bonds. The van der Waals surface area contributed by atoms with E-state index in [1.165, 1.54) is 24.8 Å². The van der Waals surface area contributed by atoms with E-state index in [0.717, 1.165) is 56.6 Å². The van der Waals surface area contributed by atoms with Crippen molar-refractivity contribution in [3.63, 3.8) is 0 Å². The predicted molar refractivity (Wildman–Crippen MR) is 103 cm³/mol. The van der Waals surface area contributed by atoms with E-state index >= 15 is 0 Å². The number of nitrogens with one attached hydrogen (secondary N) is 2. The second-order valence-corrected chi connectivity index (χ2v) is 7.02. The Hall–Kier alpha value is -1.95. The van der Waals surface area contributed by atoms with E-state index in [4.69, 9.17) is 14.2 Å². The Morgan fingerprint density at radius 2 is 1.96 bits per heavy atom. The van der Waals surface area contributed by atoms with Gasteiger partial charge in [-0.3, -0.25) is 4.99 Å². The third-order valence-corrected chi connectivity index (χ3v) is 5.06. The quantitative estimate of drug-likeness (QED) is 0.381. The van der Waals surface area contributed by atoms with Crippen LogP contribution in [0.1, 0.15) is 44.6 Å². The summed E-state index contributed by atoms with van der Waals surface area (Å²) in [4.78, 5) is 4.33. The summed E-state index contributed by atoms with van der Waals surface area (Å²) in [6.07, 6.45) is 5.67. The lowest BCUT2D eigenvalue weighted by molar-refractivity contribution is 0.129. The van der Waals surface area contributed by atoms with E-state index < -0.39 is 0 Å². The van der Waals surface area contributed by atoms with Crippen LogP contribution in [0.15, 0.2) is 23.2 Å². The van der Waals surface area contributed by atoms with E-state index in [-0.39, 0.29) is 5.41 Å². The van der Waals surface area contributed by atoms with Gasteiger partial charge in [0.2, 0.25) is 6.79 Å². The molecular formula is C20H31N3O3. The first-order valence-electron chi connectivity index (χ1n) is 9.70. The van der Waals surface area contributed by atoms with Gasteiger partial charge in [0.25, 0.3) is 0 Å². The fourth-order valence-electron chi connectivity index (χ4n) is 3.15. The van der Waals surface area contributed by atoms with Crippen molar-refractivity contribution < 1.29 is 14.2 Å². The SMILES string of the molecule is CCCCOCCCNC(=NC)NCC1(c2ccc3c(c2)OCO3)CC1. The van der Waals surface area contributed by atoms with Crippen molar-refractivity contribution in [1.29, 1.82) is 0 Å². The number of hydrogen-bond donors (Lipinski definition) is 2. The molecule has 0 unspecified atom stereocenters. The number of guanidine groups is 1. The molecule has 1 aromatic rings. The van der Waals surface area contributed by atoms with Gasteiger partial charge in [-0.15, -0.1) is 0 Å². The second kappa shape index (κ2) is 9.12. The predicted octanol–water partition coefficient (Wildman–Crippen LogP) is 2.82. The van der Waals surface area contributed by atoms with E-state index in [1.807, 2.05) is 13.1 Å². The van der Waals surface area contributed by atoms with Crippen LogP contribution in [0.4, 0.5) is 0 Å². The molecule has 1 fully saturated rings. The Balaban J connectivity index is 1.41. The molecule has 26 heavy (non-hydrogen) atoms. The number of aliphatic imine (C=N–C) groups is 1. The Morgan fingerprint density at radius 3 is 2.73 bits per heavy atom. The standard InChI is InChI=1S/C20H31N3O3/c1-3-4-11-24-12-5-10-22-19(21-2)23-14-20(8-9-20)16-6-7-17-18(13-16)26-15-25-17/h6-7,13H,3-5,8-12,14-15H2,1-2H3,(H2,21,22,23). The number of fused-ring (bicyclic) bond motifs is 1. The minimum atomic E-state index is 0.182. The molecule has 144 valence electrons. The van der Waals surface area contributed by atoms with Crippen molar-refractivity contribution in [2.24, 2.45) is 4.99 Å². The fourth-order valence-corrected chi connectivity index (χ4v) is 3.15. The summed E-state index contributed by atoms with van der Waals surface area (Å²) in [5.74, 6) is 2.56. The Bertz CT molecular complexity index is 614. The first-order valence-corrected chi connectivity index (χ1v) is 9.70. The summed E-state index contributed by atoms with van der Waals surface area (Å²) in [6.45, 7) is 5.90. The van der Waals surface area contributed by atoms with Crippen LogP contribution < -0.4 is 20.1 Å². The number of rotatable bonds is 10. The molecule has 0 saturated heterocycles. The minimum Gasteiger partial charge on any atom is -0.454 e. The average molecular weight is 361 g/mol. The van der Waals surface area contributed by atoms with Gasteiger partial charge in [0.15, 0.2) is 17.5 Å². The molecule has 3 rings (SSSR count). The van der Waals surface area contributed by atoms with Crippen LogP contribution in [-0.2, 0) is 10.2 Å². The molecule has 1 aromatic carbocycles. The highest BCUT2D eigenvalue weighted by atomic mass is 16.7. The largest absolute Gasteiger partial charge is 0.454 e. The highest BCUT2D eigenvalue weighted by Crippen LogP contribution is 2.49. The lowest BCUT2D eigenvalue weighted by Crippen LogP contribution is -2.41. The summed E-state index contributed by atoms with van der Waals surface area (Å²) >= 11 is 0. The minimum absolute atomic E-state index is 0.182. The van der Waals surface area contributed by atoms with E-state index in [2.05, 4.69) is 34.7 Å². The van der Waals surface area contributed by atoms with Gasteiger partial charge in [0.1, 0.15) is 0 Å². The normalized spacial score (nSPS) is 17.2. The van der Waals surface area contributed by atoms with Crippen molar-refractivity contribution in [2.45, 2.75) is 44.4 Å². The molecule has 0 aromatic heterocycles. The molecule has 1 heterocycles. The van der Waals surface area contributed by atoms with Crippen molar-refractivity contribution in [3.8, 4) is 11.5 Å². The van der Waals surface area contributed by atoms with Crippen molar-refractivity contribution >= 4 is 5.96 Å². The van der Waals surface area contributed by atoms with Gasteiger partial charge in [0.05, 0.1) is 0 Å². The maximum absolute atomic E-state index is 5.59. The topological polar surface area (TPSA) is 64.1 Å². The Kier molecular flexibility index (Phi) is 6.61. The first-order chi connectivity index (χ1) is 12.8. The summed E-state index contributed by atoms with van der Waals surface area (Å²) in [5.41, 5.74) is 1.50. The third kappa shape index (κ3) is 4.81. The van der Waals surface area contributed by atoms with Gasteiger partial charge in [0, 0.05) is 38.8 Å². The smallest absolute Gasteiger partial charge is 0.231 e. The van der Waals surface area contributed by atoms with Crippen LogP contribution >= 0.6 is 0 Å². The van der Waals surface area contributed by atoms with Gasteiger partial charge in [-0.2, -0.15) is 0 Å². The average Bonchev–Trinajstić information content (AvgIpc) is 3.31. The maximum Gasteiger partial charge on any atom is 0.231 e. The molecule has 0 bridgehead atoms. The number of nitrogens with zero attached hydrogens (tertiary/aromatic N) is 1. The Morgan fingerprint density at radius 1 is 1.15 bits per heavy atom. The highest BCUT2D eigenvalue weighted by Gasteiger charge is 2.44. The monoisotopic (exact) mass is 361 g/mol. The molecule has 0 radical (unpaired) electrons. The van der Waals surface area contributed by atoms with E-state index in [0.29, 0.717) is 6.79 Å². The fraction of sp³-hybridized carbons (Fsp3) is 0.650. The molecule has 2 aliphatic rings. The molecule has 2 N–H and O–H groups in total. The van der Waals surface area contributed by atoms with Crippen molar-refractivity contribution in [1.82, 2.24) is 10.6 Å². The lowest BCUT2D eigenvalue weighted by Gasteiger charge is -2.19. The van der Waals surface area contributed by atoms with Gasteiger partial charge < -0.3 is 24.8 Å². The molecule has 1 saturated carbocycles. The van der Waals surface area contributed by atoms with Crippen molar-refractivity contribution in [2.75, 3.05) is 40.1 Å². The summed E-state index contributed by atoms with van der Waals surface area (Å²) in [5, 5.41) is 6.84. The molecule has 6 nitrogen and oxygen atoms in total. The lowest BCUT2D eigenvalue weighted by atomic mass is 9.95. The van der Waals surface area contributed by atoms with Crippen LogP contribution in [0.2, 0.25) is 0 Å². The van der Waals surface area contributed by atoms with E-state index in [1.54, 1.807) is 0 Å². The molecule has 1 aliphatic carbocycles. The summed E-state index contributed by atoms with van der Waals surface area (Å²) < 4.78 is 16.5. The summed E-state index contributed by atoms with van der Waals surface area (Å²) in [6, 6.07) is 6.30.